The van der Waals surface area contributed by atoms with Gasteiger partial charge in [-0.2, -0.15) is 0 Å². The van der Waals surface area contributed by atoms with Crippen molar-refractivity contribution < 1.29 is 9.90 Å². The maximum atomic E-state index is 10.4. The smallest absolute Gasteiger partial charge is 0.303 e. The SMILES string of the molecule is CC(C)c1cc(Br)cc(CCCC(=O)O)c1. The molecule has 0 spiro atoms. The summed E-state index contributed by atoms with van der Waals surface area (Å²) in [5.41, 5.74) is 2.50. The Morgan fingerprint density at radius 1 is 1.38 bits per heavy atom. The van der Waals surface area contributed by atoms with Crippen LogP contribution in [0.25, 0.3) is 0 Å². The van der Waals surface area contributed by atoms with Crippen LogP contribution in [0.15, 0.2) is 22.7 Å². The summed E-state index contributed by atoms with van der Waals surface area (Å²) in [4.78, 5) is 10.4. The molecule has 0 saturated heterocycles. The van der Waals surface area contributed by atoms with Crippen molar-refractivity contribution in [3.05, 3.63) is 33.8 Å². The van der Waals surface area contributed by atoms with E-state index in [1.165, 1.54) is 11.1 Å². The Morgan fingerprint density at radius 3 is 2.62 bits per heavy atom. The van der Waals surface area contributed by atoms with E-state index in [1.807, 2.05) is 0 Å². The molecule has 1 rings (SSSR count). The lowest BCUT2D eigenvalue weighted by molar-refractivity contribution is -0.137. The van der Waals surface area contributed by atoms with Crippen LogP contribution in [0.5, 0.6) is 0 Å². The Balaban J connectivity index is 2.69. The molecule has 0 atom stereocenters. The number of hydrogen-bond donors (Lipinski definition) is 1. The number of carboxylic acids is 1. The summed E-state index contributed by atoms with van der Waals surface area (Å²) in [5, 5.41) is 8.58. The normalized spacial score (nSPS) is 10.8. The summed E-state index contributed by atoms with van der Waals surface area (Å²) in [6, 6.07) is 6.34. The van der Waals surface area contributed by atoms with E-state index < -0.39 is 5.97 Å². The number of aliphatic carboxylic acids is 1. The van der Waals surface area contributed by atoms with Crippen molar-refractivity contribution in [2.75, 3.05) is 0 Å². The standard InChI is InChI=1S/C13H17BrO2/c1-9(2)11-6-10(7-12(14)8-11)4-3-5-13(15)16/h6-9H,3-5H2,1-2H3,(H,15,16). The third-order valence-electron chi connectivity index (χ3n) is 2.50. The molecule has 1 aromatic rings. The van der Waals surface area contributed by atoms with Gasteiger partial charge in [-0.05, 0) is 42.0 Å². The molecule has 0 fully saturated rings. The van der Waals surface area contributed by atoms with Crippen LogP contribution in [-0.2, 0) is 11.2 Å². The zero-order chi connectivity index (χ0) is 12.1. The number of halogens is 1. The maximum absolute atomic E-state index is 10.4. The number of carboxylic acid groups (broad SMARTS) is 1. The molecule has 1 N–H and O–H groups in total. The molecule has 0 aromatic heterocycles. The van der Waals surface area contributed by atoms with Crippen molar-refractivity contribution in [1.29, 1.82) is 0 Å². The van der Waals surface area contributed by atoms with Crippen LogP contribution in [0.4, 0.5) is 0 Å². The second-order valence-corrected chi connectivity index (χ2v) is 5.21. The van der Waals surface area contributed by atoms with Crippen molar-refractivity contribution in [2.45, 2.75) is 39.0 Å². The van der Waals surface area contributed by atoms with Crippen LogP contribution in [0.3, 0.4) is 0 Å². The minimum atomic E-state index is -0.723. The van der Waals surface area contributed by atoms with E-state index in [1.54, 1.807) is 0 Å². The van der Waals surface area contributed by atoms with E-state index in [-0.39, 0.29) is 6.42 Å². The summed E-state index contributed by atoms with van der Waals surface area (Å²) < 4.78 is 1.07. The fourth-order valence-corrected chi connectivity index (χ4v) is 2.16. The van der Waals surface area contributed by atoms with Crippen molar-refractivity contribution in [3.63, 3.8) is 0 Å². The molecule has 0 amide bonds. The Bertz CT molecular complexity index is 372. The minimum absolute atomic E-state index is 0.240. The lowest BCUT2D eigenvalue weighted by Gasteiger charge is -2.09. The van der Waals surface area contributed by atoms with E-state index in [0.717, 1.165) is 10.9 Å². The van der Waals surface area contributed by atoms with Crippen molar-refractivity contribution in [1.82, 2.24) is 0 Å². The van der Waals surface area contributed by atoms with Gasteiger partial charge in [0.25, 0.3) is 0 Å². The van der Waals surface area contributed by atoms with Gasteiger partial charge in [0.1, 0.15) is 0 Å². The highest BCUT2D eigenvalue weighted by molar-refractivity contribution is 9.10. The molecule has 0 aliphatic rings. The van der Waals surface area contributed by atoms with E-state index in [0.29, 0.717) is 12.3 Å². The molecule has 0 saturated carbocycles. The van der Waals surface area contributed by atoms with E-state index in [2.05, 4.69) is 48.0 Å². The molecule has 0 radical (unpaired) electrons. The van der Waals surface area contributed by atoms with Crippen molar-refractivity contribution in [2.24, 2.45) is 0 Å². The van der Waals surface area contributed by atoms with E-state index >= 15 is 0 Å². The van der Waals surface area contributed by atoms with Gasteiger partial charge in [0.15, 0.2) is 0 Å². The molecule has 88 valence electrons. The highest BCUT2D eigenvalue weighted by Crippen LogP contribution is 2.22. The predicted molar refractivity (Wildman–Crippen MR) is 68.8 cm³/mol. The Morgan fingerprint density at radius 2 is 2.06 bits per heavy atom. The van der Waals surface area contributed by atoms with Crippen LogP contribution in [0.1, 0.15) is 43.7 Å². The lowest BCUT2D eigenvalue weighted by atomic mass is 9.99. The van der Waals surface area contributed by atoms with E-state index in [9.17, 15) is 4.79 Å². The first kappa shape index (κ1) is 13.2. The van der Waals surface area contributed by atoms with Gasteiger partial charge in [-0.3, -0.25) is 4.79 Å². The first-order valence-electron chi connectivity index (χ1n) is 5.50. The van der Waals surface area contributed by atoms with Crippen molar-refractivity contribution in [3.8, 4) is 0 Å². The summed E-state index contributed by atoms with van der Waals surface area (Å²) in [5.74, 6) is -0.227. The molecular formula is C13H17BrO2. The Hall–Kier alpha value is -0.830. The average molecular weight is 285 g/mol. The summed E-state index contributed by atoms with van der Waals surface area (Å²) >= 11 is 3.49. The molecule has 0 aliphatic carbocycles. The minimum Gasteiger partial charge on any atom is -0.481 e. The first-order valence-corrected chi connectivity index (χ1v) is 6.29. The number of hydrogen-bond acceptors (Lipinski definition) is 1. The van der Waals surface area contributed by atoms with Crippen LogP contribution in [0, 0.1) is 0 Å². The second-order valence-electron chi connectivity index (χ2n) is 4.29. The van der Waals surface area contributed by atoms with Crippen LogP contribution in [-0.4, -0.2) is 11.1 Å². The third-order valence-corrected chi connectivity index (χ3v) is 2.96. The van der Waals surface area contributed by atoms with Gasteiger partial charge in [-0.15, -0.1) is 0 Å². The summed E-state index contributed by atoms with van der Waals surface area (Å²) in [6.07, 6.45) is 1.76. The maximum Gasteiger partial charge on any atom is 0.303 e. The van der Waals surface area contributed by atoms with Gasteiger partial charge in [0.2, 0.25) is 0 Å². The molecular weight excluding hydrogens is 268 g/mol. The van der Waals surface area contributed by atoms with Gasteiger partial charge < -0.3 is 5.11 Å². The second kappa shape index (κ2) is 6.04. The third kappa shape index (κ3) is 4.35. The van der Waals surface area contributed by atoms with Crippen LogP contribution < -0.4 is 0 Å². The van der Waals surface area contributed by atoms with Gasteiger partial charge >= 0.3 is 5.97 Å². The molecule has 1 aromatic carbocycles. The Kier molecular flexibility index (Phi) is 5.00. The van der Waals surface area contributed by atoms with Gasteiger partial charge in [-0.25, -0.2) is 0 Å². The number of benzene rings is 1. The lowest BCUT2D eigenvalue weighted by Crippen LogP contribution is -1.97. The largest absolute Gasteiger partial charge is 0.481 e. The fourth-order valence-electron chi connectivity index (χ4n) is 1.60. The zero-order valence-corrected chi connectivity index (χ0v) is 11.3. The summed E-state index contributed by atoms with van der Waals surface area (Å²) in [7, 11) is 0. The quantitative estimate of drug-likeness (QED) is 0.888. The van der Waals surface area contributed by atoms with Crippen LogP contribution in [0.2, 0.25) is 0 Å². The molecule has 0 heterocycles. The van der Waals surface area contributed by atoms with Gasteiger partial charge in [-0.1, -0.05) is 35.8 Å². The van der Waals surface area contributed by atoms with Gasteiger partial charge in [0, 0.05) is 10.9 Å². The van der Waals surface area contributed by atoms with Gasteiger partial charge in [0.05, 0.1) is 0 Å². The average Bonchev–Trinajstić information content (AvgIpc) is 2.16. The highest BCUT2D eigenvalue weighted by atomic mass is 79.9. The number of carbonyl (C=O) groups is 1. The summed E-state index contributed by atoms with van der Waals surface area (Å²) in [6.45, 7) is 4.31. The predicted octanol–water partition coefficient (Wildman–Crippen LogP) is 3.98. The highest BCUT2D eigenvalue weighted by Gasteiger charge is 2.04. The van der Waals surface area contributed by atoms with Crippen molar-refractivity contribution >= 4 is 21.9 Å². The molecule has 2 nitrogen and oxygen atoms in total. The molecule has 0 unspecified atom stereocenters. The van der Waals surface area contributed by atoms with E-state index in [4.69, 9.17) is 5.11 Å². The Labute approximate surface area is 105 Å². The fraction of sp³-hybridized carbons (Fsp3) is 0.462. The number of rotatable bonds is 5. The number of aryl methyl sites for hydroxylation is 1. The molecule has 0 bridgehead atoms. The molecule has 16 heavy (non-hydrogen) atoms. The molecule has 0 aliphatic heterocycles. The van der Waals surface area contributed by atoms with Crippen LogP contribution >= 0.6 is 15.9 Å². The topological polar surface area (TPSA) is 37.3 Å². The zero-order valence-electron chi connectivity index (χ0n) is 9.66. The first-order chi connectivity index (χ1) is 7.49. The monoisotopic (exact) mass is 284 g/mol. The molecule has 3 heteroatoms.